The van der Waals surface area contributed by atoms with Crippen molar-refractivity contribution < 1.29 is 19.4 Å². The molecule has 2 saturated heterocycles. The number of anilines is 1. The molecule has 0 bridgehead atoms. The summed E-state index contributed by atoms with van der Waals surface area (Å²) < 4.78 is 11.8. The number of carbonyl (C=O) groups excluding carboxylic acids is 2. The van der Waals surface area contributed by atoms with Crippen LogP contribution in [0, 0.1) is 0 Å². The van der Waals surface area contributed by atoms with E-state index in [0.29, 0.717) is 42.6 Å². The Balaban J connectivity index is 0.752. The summed E-state index contributed by atoms with van der Waals surface area (Å²) in [5.74, 6) is -0.0393. The highest BCUT2D eigenvalue weighted by molar-refractivity contribution is 6.00. The zero-order valence-corrected chi connectivity index (χ0v) is 36.8. The molecule has 2 atom stereocenters. The van der Waals surface area contributed by atoms with Crippen molar-refractivity contribution in [3.8, 4) is 11.1 Å². The normalized spacial score (nSPS) is 25.6. The summed E-state index contributed by atoms with van der Waals surface area (Å²) in [5.41, 5.74) is 6.33. The number of hydrogen-bond donors (Lipinski definition) is 3. The van der Waals surface area contributed by atoms with Crippen molar-refractivity contribution in [3.63, 3.8) is 0 Å². The third kappa shape index (κ3) is 8.84. The van der Waals surface area contributed by atoms with Crippen molar-refractivity contribution >= 4 is 39.8 Å². The van der Waals surface area contributed by atoms with Gasteiger partial charge < -0.3 is 19.7 Å². The Bertz CT molecular complexity index is 2460. The van der Waals surface area contributed by atoms with Gasteiger partial charge in [0, 0.05) is 87.7 Å². The molecule has 62 heavy (non-hydrogen) atoms. The predicted molar refractivity (Wildman–Crippen MR) is 241 cm³/mol. The SMILES string of the molecule is CCC[C@H](C)Nc1ncc2c(-c3ccc(CN4CCN(C5CC(OCCc6ccc7c(c6)n(C)c(=O)n7C6CCC(=O)NC6=O)C5)CC4)cc3)cn([C@H]3CC[C@](C)(O)CC3)c2n1. The highest BCUT2D eigenvalue weighted by Crippen LogP contribution is 2.40. The Kier molecular flexibility index (Phi) is 12.1. The molecule has 2 amide bonds. The average molecular weight is 846 g/mol. The molecule has 14 heteroatoms. The average Bonchev–Trinajstić information content (AvgIpc) is 3.73. The number of amides is 2. The van der Waals surface area contributed by atoms with Crippen LogP contribution in [0.5, 0.6) is 0 Å². The molecule has 9 rings (SSSR count). The number of piperazine rings is 1. The molecule has 3 aromatic heterocycles. The number of ether oxygens (including phenoxy) is 1. The van der Waals surface area contributed by atoms with Crippen molar-refractivity contribution in [3.05, 3.63) is 76.5 Å². The van der Waals surface area contributed by atoms with E-state index in [1.54, 1.807) is 11.6 Å². The number of piperidine rings is 1. The molecule has 2 aliphatic carbocycles. The van der Waals surface area contributed by atoms with Crippen LogP contribution in [0.15, 0.2) is 59.7 Å². The molecule has 3 N–H and O–H groups in total. The number of aryl methyl sites for hydroxylation is 1. The van der Waals surface area contributed by atoms with Crippen molar-refractivity contribution in [1.82, 2.24) is 38.8 Å². The van der Waals surface area contributed by atoms with Gasteiger partial charge in [-0.15, -0.1) is 0 Å². The maximum atomic E-state index is 13.1. The molecule has 5 aromatic rings. The van der Waals surface area contributed by atoms with Gasteiger partial charge in [-0.3, -0.25) is 33.8 Å². The summed E-state index contributed by atoms with van der Waals surface area (Å²) in [6, 6.07) is 15.5. The summed E-state index contributed by atoms with van der Waals surface area (Å²) in [7, 11) is 1.73. The molecule has 2 aliphatic heterocycles. The van der Waals surface area contributed by atoms with E-state index < -0.39 is 17.6 Å². The van der Waals surface area contributed by atoms with Crippen LogP contribution in [0.1, 0.15) is 108 Å². The van der Waals surface area contributed by atoms with Gasteiger partial charge in [-0.2, -0.15) is 4.98 Å². The Labute approximate surface area is 363 Å². The van der Waals surface area contributed by atoms with Gasteiger partial charge in [-0.25, -0.2) is 9.78 Å². The number of hydrogen-bond acceptors (Lipinski definition) is 10. The second-order valence-electron chi connectivity index (χ2n) is 18.8. The van der Waals surface area contributed by atoms with Crippen molar-refractivity contribution in [2.75, 3.05) is 38.1 Å². The van der Waals surface area contributed by atoms with Crippen LogP contribution in [-0.4, -0.2) is 107 Å². The fraction of sp³-hybridized carbons (Fsp3) is 0.562. The molecule has 14 nitrogen and oxygen atoms in total. The summed E-state index contributed by atoms with van der Waals surface area (Å²) in [4.78, 5) is 52.4. The highest BCUT2D eigenvalue weighted by Gasteiger charge is 2.36. The minimum Gasteiger partial charge on any atom is -0.390 e. The molecule has 2 aromatic carbocycles. The minimum atomic E-state index is -0.682. The smallest absolute Gasteiger partial charge is 0.329 e. The summed E-state index contributed by atoms with van der Waals surface area (Å²) in [6.07, 6.45) is 13.5. The highest BCUT2D eigenvalue weighted by atomic mass is 16.5. The van der Waals surface area contributed by atoms with Gasteiger partial charge in [0.1, 0.15) is 11.7 Å². The zero-order chi connectivity index (χ0) is 43.1. The number of benzene rings is 2. The molecule has 0 spiro atoms. The number of nitrogens with zero attached hydrogens (tertiary/aromatic N) is 7. The van der Waals surface area contributed by atoms with Crippen LogP contribution in [0.25, 0.3) is 33.2 Å². The third-order valence-corrected chi connectivity index (χ3v) is 14.2. The first-order valence-electron chi connectivity index (χ1n) is 23.0. The lowest BCUT2D eigenvalue weighted by molar-refractivity contribution is -0.135. The molecule has 5 heterocycles. The molecule has 4 aliphatic rings. The number of imidazole rings is 1. The van der Waals surface area contributed by atoms with Crippen LogP contribution >= 0.6 is 0 Å². The van der Waals surface area contributed by atoms with E-state index in [1.165, 1.54) is 15.7 Å². The number of imide groups is 1. The predicted octanol–water partition coefficient (Wildman–Crippen LogP) is 6.10. The maximum absolute atomic E-state index is 13.1. The largest absolute Gasteiger partial charge is 0.390 e. The number of nitrogens with one attached hydrogen (secondary N) is 2. The molecule has 4 fully saturated rings. The number of fused-ring (bicyclic) bond motifs is 2. The van der Waals surface area contributed by atoms with E-state index >= 15 is 0 Å². The van der Waals surface area contributed by atoms with Crippen LogP contribution in [0.3, 0.4) is 0 Å². The van der Waals surface area contributed by atoms with Gasteiger partial charge >= 0.3 is 5.69 Å². The lowest BCUT2D eigenvalue weighted by atomic mass is 9.83. The fourth-order valence-electron chi connectivity index (χ4n) is 10.3. The summed E-state index contributed by atoms with van der Waals surface area (Å²) in [6.45, 7) is 12.1. The van der Waals surface area contributed by atoms with Gasteiger partial charge in [0.05, 0.1) is 29.3 Å². The quantitative estimate of drug-likeness (QED) is 0.112. The Morgan fingerprint density at radius 2 is 1.71 bits per heavy atom. The van der Waals surface area contributed by atoms with Crippen molar-refractivity contribution in [1.29, 1.82) is 0 Å². The molecule has 1 unspecified atom stereocenters. The van der Waals surface area contributed by atoms with Crippen LogP contribution in [0.2, 0.25) is 0 Å². The fourth-order valence-corrected chi connectivity index (χ4v) is 10.3. The first-order valence-corrected chi connectivity index (χ1v) is 23.0. The van der Waals surface area contributed by atoms with E-state index in [4.69, 9.17) is 14.7 Å². The monoisotopic (exact) mass is 845 g/mol. The third-order valence-electron chi connectivity index (χ3n) is 14.2. The van der Waals surface area contributed by atoms with E-state index in [-0.39, 0.29) is 24.1 Å². The van der Waals surface area contributed by atoms with Gasteiger partial charge in [0.25, 0.3) is 0 Å². The number of aromatic nitrogens is 5. The number of rotatable bonds is 14. The standard InChI is InChI=1S/C48H63N9O5/c1-5-6-31(2)50-46-49-28-38-39(30-56(44(38)52-46)35-15-18-48(3,61)19-16-35)34-10-7-33(8-11-34)29-54-20-22-55(23-21-54)36-26-37(27-36)62-24-17-32-9-12-40-42(25-32)53(4)47(60)57(40)41-13-14-43(58)51-45(41)59/h7-12,25,28,30-31,35-37,41,61H,5-6,13-24,26-27,29H2,1-4H3,(H,49,50,52)(H,51,58,59)/t31-,35-,36?,37?,41?,48-/m0/s1. The molecule has 330 valence electrons. The Morgan fingerprint density at radius 3 is 2.44 bits per heavy atom. The van der Waals surface area contributed by atoms with E-state index in [0.717, 1.165) is 118 Å². The van der Waals surface area contributed by atoms with Crippen LogP contribution in [0.4, 0.5) is 5.95 Å². The Hall–Kier alpha value is -4.89. The van der Waals surface area contributed by atoms with Gasteiger partial charge in [-0.05, 0) is 100 Å². The van der Waals surface area contributed by atoms with E-state index in [2.05, 4.69) is 69.3 Å². The van der Waals surface area contributed by atoms with Crippen LogP contribution < -0.4 is 16.3 Å². The summed E-state index contributed by atoms with van der Waals surface area (Å²) in [5, 5.41) is 17.6. The molecular formula is C48H63N9O5. The molecule has 0 radical (unpaired) electrons. The number of carbonyl (C=O) groups is 2. The minimum absolute atomic E-state index is 0.224. The van der Waals surface area contributed by atoms with Crippen molar-refractivity contribution in [2.24, 2.45) is 7.05 Å². The Morgan fingerprint density at radius 1 is 0.968 bits per heavy atom. The first kappa shape index (κ1) is 42.4. The lowest BCUT2D eigenvalue weighted by Crippen LogP contribution is -2.55. The zero-order valence-electron chi connectivity index (χ0n) is 36.8. The van der Waals surface area contributed by atoms with Gasteiger partial charge in [-0.1, -0.05) is 43.7 Å². The van der Waals surface area contributed by atoms with E-state index in [1.807, 2.05) is 31.3 Å². The maximum Gasteiger partial charge on any atom is 0.329 e. The van der Waals surface area contributed by atoms with E-state index in [9.17, 15) is 19.5 Å². The molecule has 2 saturated carbocycles. The second kappa shape index (κ2) is 17.7. The van der Waals surface area contributed by atoms with Gasteiger partial charge in [0.15, 0.2) is 0 Å². The second-order valence-corrected chi connectivity index (χ2v) is 18.8. The lowest BCUT2D eigenvalue weighted by Gasteiger charge is -2.46. The van der Waals surface area contributed by atoms with Gasteiger partial charge in [0.2, 0.25) is 17.8 Å². The molecular weight excluding hydrogens is 783 g/mol. The topological polar surface area (TPSA) is 152 Å². The van der Waals surface area contributed by atoms with Crippen LogP contribution in [-0.2, 0) is 34.3 Å². The first-order chi connectivity index (χ1) is 29.9. The summed E-state index contributed by atoms with van der Waals surface area (Å²) >= 11 is 0. The number of aliphatic hydroxyl groups is 1. The van der Waals surface area contributed by atoms with Crippen molar-refractivity contribution in [2.45, 2.75) is 134 Å².